The quantitative estimate of drug-likeness (QED) is 0.549. The van der Waals surface area contributed by atoms with Gasteiger partial charge in [0, 0.05) is 24.3 Å². The molecule has 29 heavy (non-hydrogen) atoms. The number of pyridine rings is 1. The van der Waals surface area contributed by atoms with Crippen LogP contribution in [0, 0.1) is 5.92 Å². The van der Waals surface area contributed by atoms with E-state index in [1.165, 1.54) is 0 Å². The first-order valence-electron chi connectivity index (χ1n) is 10.1. The molecule has 0 saturated heterocycles. The molecule has 1 heterocycles. The number of aliphatic imine (C=N–C) groups is 1. The Balaban J connectivity index is 1.61. The lowest BCUT2D eigenvalue weighted by atomic mass is 9.85. The maximum absolute atomic E-state index is 12.9. The van der Waals surface area contributed by atoms with Crippen LogP contribution in [0.25, 0.3) is 11.3 Å². The van der Waals surface area contributed by atoms with Gasteiger partial charge in [0.05, 0.1) is 18.2 Å². The zero-order chi connectivity index (χ0) is 20.7. The second kappa shape index (κ2) is 9.76. The van der Waals surface area contributed by atoms with Gasteiger partial charge in [-0.2, -0.15) is 13.2 Å². The van der Waals surface area contributed by atoms with Crippen LogP contribution in [0.2, 0.25) is 0 Å². The number of alkyl halides is 3. The average molecular weight is 404 g/mol. The largest absolute Gasteiger partial charge is 0.391 e. The molecule has 1 saturated carbocycles. The van der Waals surface area contributed by atoms with Crippen LogP contribution in [0.1, 0.15) is 38.2 Å². The highest BCUT2D eigenvalue weighted by Gasteiger charge is 2.41. The maximum Gasteiger partial charge on any atom is 0.391 e. The van der Waals surface area contributed by atoms with Crippen molar-refractivity contribution in [3.8, 4) is 11.3 Å². The predicted molar refractivity (Wildman–Crippen MR) is 109 cm³/mol. The van der Waals surface area contributed by atoms with E-state index in [2.05, 4.69) is 26.7 Å². The van der Waals surface area contributed by atoms with Crippen molar-refractivity contribution in [1.82, 2.24) is 15.6 Å². The first kappa shape index (κ1) is 21.1. The van der Waals surface area contributed by atoms with Crippen molar-refractivity contribution in [3.05, 3.63) is 54.2 Å². The lowest BCUT2D eigenvalue weighted by Crippen LogP contribution is -2.45. The molecule has 0 spiro atoms. The number of aromatic nitrogens is 1. The molecular formula is C22H27F3N4. The Bertz CT molecular complexity index is 797. The minimum atomic E-state index is -4.08. The Morgan fingerprint density at radius 2 is 1.90 bits per heavy atom. The second-order valence-electron chi connectivity index (χ2n) is 7.35. The average Bonchev–Trinajstić information content (AvgIpc) is 2.73. The number of hydrogen-bond acceptors (Lipinski definition) is 2. The van der Waals surface area contributed by atoms with E-state index in [0.717, 1.165) is 16.8 Å². The van der Waals surface area contributed by atoms with E-state index in [9.17, 15) is 13.2 Å². The molecule has 0 amide bonds. The van der Waals surface area contributed by atoms with Crippen molar-refractivity contribution in [1.29, 1.82) is 0 Å². The summed E-state index contributed by atoms with van der Waals surface area (Å²) in [5, 5.41) is 6.50. The minimum Gasteiger partial charge on any atom is -0.357 e. The maximum atomic E-state index is 12.9. The van der Waals surface area contributed by atoms with Crippen molar-refractivity contribution in [2.45, 2.75) is 51.4 Å². The molecule has 3 rings (SSSR count). The number of guanidine groups is 1. The van der Waals surface area contributed by atoms with E-state index in [1.807, 2.05) is 43.3 Å². The van der Waals surface area contributed by atoms with E-state index in [1.54, 1.807) is 6.20 Å². The van der Waals surface area contributed by atoms with Crippen LogP contribution in [0.3, 0.4) is 0 Å². The highest BCUT2D eigenvalue weighted by atomic mass is 19.4. The fourth-order valence-corrected chi connectivity index (χ4v) is 3.61. The van der Waals surface area contributed by atoms with Crippen molar-refractivity contribution in [2.24, 2.45) is 10.9 Å². The third-order valence-electron chi connectivity index (χ3n) is 5.18. The van der Waals surface area contributed by atoms with E-state index in [4.69, 9.17) is 0 Å². The van der Waals surface area contributed by atoms with Gasteiger partial charge >= 0.3 is 6.18 Å². The van der Waals surface area contributed by atoms with E-state index in [0.29, 0.717) is 31.9 Å². The van der Waals surface area contributed by atoms with Gasteiger partial charge in [-0.15, -0.1) is 0 Å². The number of benzene rings is 1. The van der Waals surface area contributed by atoms with Gasteiger partial charge in [0.25, 0.3) is 0 Å². The topological polar surface area (TPSA) is 49.3 Å². The number of halogens is 3. The third kappa shape index (κ3) is 6.21. The molecule has 0 unspecified atom stereocenters. The summed E-state index contributed by atoms with van der Waals surface area (Å²) in [4.78, 5) is 9.01. The molecule has 2 N–H and O–H groups in total. The van der Waals surface area contributed by atoms with Crippen molar-refractivity contribution in [3.63, 3.8) is 0 Å². The summed E-state index contributed by atoms with van der Waals surface area (Å²) in [5.74, 6) is -0.527. The summed E-state index contributed by atoms with van der Waals surface area (Å²) in [6, 6.07) is 13.9. The molecule has 1 fully saturated rings. The van der Waals surface area contributed by atoms with Gasteiger partial charge in [0.15, 0.2) is 5.96 Å². The molecule has 0 aliphatic heterocycles. The highest BCUT2D eigenvalue weighted by molar-refractivity contribution is 5.80. The van der Waals surface area contributed by atoms with Gasteiger partial charge in [0.2, 0.25) is 0 Å². The van der Waals surface area contributed by atoms with Gasteiger partial charge in [-0.1, -0.05) is 24.3 Å². The Hall–Kier alpha value is -2.57. The van der Waals surface area contributed by atoms with Crippen LogP contribution in [0.4, 0.5) is 13.2 Å². The normalized spacial score (nSPS) is 20.3. The molecule has 0 radical (unpaired) electrons. The van der Waals surface area contributed by atoms with E-state index >= 15 is 0 Å². The Labute approximate surface area is 169 Å². The molecule has 156 valence electrons. The minimum absolute atomic E-state index is 0.0197. The molecule has 1 aliphatic rings. The zero-order valence-corrected chi connectivity index (χ0v) is 16.5. The monoisotopic (exact) mass is 404 g/mol. The molecular weight excluding hydrogens is 377 g/mol. The lowest BCUT2D eigenvalue weighted by Gasteiger charge is -2.31. The Kier molecular flexibility index (Phi) is 7.12. The number of nitrogens with zero attached hydrogens (tertiary/aromatic N) is 2. The molecule has 1 aromatic carbocycles. The predicted octanol–water partition coefficient (Wildman–Crippen LogP) is 4.92. The van der Waals surface area contributed by atoms with Gasteiger partial charge in [-0.25, -0.2) is 4.99 Å². The Morgan fingerprint density at radius 3 is 2.55 bits per heavy atom. The van der Waals surface area contributed by atoms with Crippen LogP contribution < -0.4 is 10.6 Å². The molecule has 0 atom stereocenters. The van der Waals surface area contributed by atoms with E-state index in [-0.39, 0.29) is 18.9 Å². The van der Waals surface area contributed by atoms with Crippen LogP contribution >= 0.6 is 0 Å². The van der Waals surface area contributed by atoms with Crippen LogP contribution in [-0.2, 0) is 6.54 Å². The fraction of sp³-hybridized carbons (Fsp3) is 0.455. The molecule has 1 aromatic heterocycles. The van der Waals surface area contributed by atoms with Crippen molar-refractivity contribution >= 4 is 5.96 Å². The third-order valence-corrected chi connectivity index (χ3v) is 5.18. The smallest absolute Gasteiger partial charge is 0.357 e. The van der Waals surface area contributed by atoms with E-state index < -0.39 is 12.1 Å². The van der Waals surface area contributed by atoms with Crippen LogP contribution in [-0.4, -0.2) is 29.7 Å². The molecule has 2 aromatic rings. The standard InChI is InChI=1S/C22H27F3N4/c1-2-26-21(29-19-11-9-18(10-12-19)22(23,24)25)28-15-16-6-5-7-17(14-16)20-8-3-4-13-27-20/h3-8,13-14,18-19H,2,9-12,15H2,1H3,(H2,26,28,29). The number of hydrogen-bond donors (Lipinski definition) is 2. The first-order chi connectivity index (χ1) is 14.0. The van der Waals surface area contributed by atoms with Gasteiger partial charge < -0.3 is 10.6 Å². The summed E-state index contributed by atoms with van der Waals surface area (Å²) in [6.07, 6.45) is -0.962. The van der Waals surface area contributed by atoms with Crippen molar-refractivity contribution in [2.75, 3.05) is 6.54 Å². The zero-order valence-electron chi connectivity index (χ0n) is 16.5. The van der Waals surface area contributed by atoms with Gasteiger partial charge in [-0.3, -0.25) is 4.98 Å². The second-order valence-corrected chi connectivity index (χ2v) is 7.35. The van der Waals surface area contributed by atoms with Crippen LogP contribution in [0.15, 0.2) is 53.7 Å². The molecule has 4 nitrogen and oxygen atoms in total. The summed E-state index contributed by atoms with van der Waals surface area (Å²) >= 11 is 0. The summed E-state index contributed by atoms with van der Waals surface area (Å²) < 4.78 is 38.6. The molecule has 0 bridgehead atoms. The molecule has 1 aliphatic carbocycles. The Morgan fingerprint density at radius 1 is 1.10 bits per heavy atom. The number of rotatable bonds is 5. The van der Waals surface area contributed by atoms with Gasteiger partial charge in [0.1, 0.15) is 0 Å². The summed E-state index contributed by atoms with van der Waals surface area (Å²) in [7, 11) is 0. The summed E-state index contributed by atoms with van der Waals surface area (Å²) in [6.45, 7) is 3.14. The number of nitrogens with one attached hydrogen (secondary N) is 2. The fourth-order valence-electron chi connectivity index (χ4n) is 3.61. The van der Waals surface area contributed by atoms with Crippen LogP contribution in [0.5, 0.6) is 0 Å². The first-order valence-corrected chi connectivity index (χ1v) is 10.1. The van der Waals surface area contributed by atoms with Crippen molar-refractivity contribution < 1.29 is 13.2 Å². The SMILES string of the molecule is CCNC(=NCc1cccc(-c2ccccn2)c1)NC1CCC(C(F)(F)F)CC1. The highest BCUT2D eigenvalue weighted by Crippen LogP contribution is 2.37. The lowest BCUT2D eigenvalue weighted by molar-refractivity contribution is -0.182. The molecule has 7 heteroatoms. The summed E-state index contributed by atoms with van der Waals surface area (Å²) in [5.41, 5.74) is 2.98. The van der Waals surface area contributed by atoms with Gasteiger partial charge in [-0.05, 0) is 56.4 Å².